The highest BCUT2D eigenvalue weighted by Crippen LogP contribution is 2.13. The molecule has 8 nitrogen and oxygen atoms in total. The number of carboxylic acids is 2. The number of rotatable bonds is 23. The molecule has 38 heavy (non-hydrogen) atoms. The molecule has 0 fully saturated rings. The highest BCUT2D eigenvalue weighted by atomic mass is 16.5. The Hall–Kier alpha value is -2.38. The fraction of sp³-hybridized carbons (Fsp3) is 0.800. The summed E-state index contributed by atoms with van der Waals surface area (Å²) in [5, 5.41) is 15.8. The van der Waals surface area contributed by atoms with E-state index in [0.29, 0.717) is 25.7 Å². The summed E-state index contributed by atoms with van der Waals surface area (Å²) >= 11 is 0. The molecular weight excluding hydrogens is 488 g/mol. The molecule has 0 spiro atoms. The zero-order valence-corrected chi connectivity index (χ0v) is 24.5. The Morgan fingerprint density at radius 1 is 0.553 bits per heavy atom. The fourth-order valence-corrected chi connectivity index (χ4v) is 3.44. The van der Waals surface area contributed by atoms with Crippen molar-refractivity contribution in [3.05, 3.63) is 12.7 Å². The molecular formula is C30H56O8. The van der Waals surface area contributed by atoms with Gasteiger partial charge >= 0.3 is 23.9 Å². The Bertz CT molecular complexity index is 543. The first-order valence-corrected chi connectivity index (χ1v) is 14.4. The number of carboxylic acid groups (broad SMARTS) is 2. The van der Waals surface area contributed by atoms with E-state index in [1.165, 1.54) is 111 Å². The maximum atomic E-state index is 10.6. The molecule has 0 radical (unpaired) electrons. The first-order valence-electron chi connectivity index (χ1n) is 14.4. The molecule has 0 saturated heterocycles. The highest BCUT2D eigenvalue weighted by Gasteiger charge is 2.03. The van der Waals surface area contributed by atoms with E-state index in [1.54, 1.807) is 0 Å². The summed E-state index contributed by atoms with van der Waals surface area (Å²) < 4.78 is 8.86. The van der Waals surface area contributed by atoms with E-state index in [1.807, 2.05) is 6.08 Å². The van der Waals surface area contributed by atoms with Crippen molar-refractivity contribution in [2.75, 3.05) is 14.2 Å². The molecule has 0 aromatic rings. The third-order valence-corrected chi connectivity index (χ3v) is 5.78. The Labute approximate surface area is 231 Å². The highest BCUT2D eigenvalue weighted by molar-refractivity contribution is 5.75. The standard InChI is InChI=1S/C18H36.C8H14O4.C4H6O4/c1-3-5-7-9-11-13-15-17-18-16-14-12-10-8-6-4-2;1-11-7(9)5-3-4-6-8(10)12-2;5-3(6)1-2-4(7)8/h3H,1,4-18H2,2H3;3-6H2,1-2H3;1-2H2,(H,5,6)(H,7,8). The number of aliphatic carboxylic acids is 2. The fourth-order valence-electron chi connectivity index (χ4n) is 3.44. The van der Waals surface area contributed by atoms with Gasteiger partial charge in [0.1, 0.15) is 0 Å². The minimum absolute atomic E-state index is 0.236. The number of esters is 2. The van der Waals surface area contributed by atoms with Crippen molar-refractivity contribution in [1.29, 1.82) is 0 Å². The first kappa shape index (κ1) is 40.1. The second kappa shape index (κ2) is 34.6. The number of carbonyl (C=O) groups is 4. The molecule has 0 saturated carbocycles. The largest absolute Gasteiger partial charge is 0.481 e. The third kappa shape index (κ3) is 43.7. The van der Waals surface area contributed by atoms with Gasteiger partial charge in [-0.1, -0.05) is 96.5 Å². The van der Waals surface area contributed by atoms with Gasteiger partial charge in [0.2, 0.25) is 0 Å². The van der Waals surface area contributed by atoms with Gasteiger partial charge in [-0.2, -0.15) is 0 Å². The molecule has 0 aliphatic rings. The van der Waals surface area contributed by atoms with Crippen molar-refractivity contribution >= 4 is 23.9 Å². The second-order valence-electron chi connectivity index (χ2n) is 9.32. The third-order valence-electron chi connectivity index (χ3n) is 5.78. The quantitative estimate of drug-likeness (QED) is 0.0755. The van der Waals surface area contributed by atoms with Crippen molar-refractivity contribution in [2.45, 2.75) is 142 Å². The van der Waals surface area contributed by atoms with Crippen LogP contribution in [-0.4, -0.2) is 48.3 Å². The van der Waals surface area contributed by atoms with Crippen LogP contribution in [0.3, 0.4) is 0 Å². The second-order valence-corrected chi connectivity index (χ2v) is 9.32. The minimum atomic E-state index is -1.08. The van der Waals surface area contributed by atoms with E-state index >= 15 is 0 Å². The maximum Gasteiger partial charge on any atom is 0.305 e. The lowest BCUT2D eigenvalue weighted by Crippen LogP contribution is -2.02. The number of ether oxygens (including phenoxy) is 2. The lowest BCUT2D eigenvalue weighted by atomic mass is 10.0. The van der Waals surface area contributed by atoms with E-state index < -0.39 is 11.9 Å². The minimum Gasteiger partial charge on any atom is -0.481 e. The molecule has 0 bridgehead atoms. The van der Waals surface area contributed by atoms with Gasteiger partial charge in [0.05, 0.1) is 27.1 Å². The van der Waals surface area contributed by atoms with Crippen LogP contribution >= 0.6 is 0 Å². The SMILES string of the molecule is C=CCCCCCCCCCCCCCCCC.COC(=O)CCCCC(=O)OC.O=C(O)CCC(=O)O. The monoisotopic (exact) mass is 544 g/mol. The van der Waals surface area contributed by atoms with Crippen LogP contribution in [0.2, 0.25) is 0 Å². The van der Waals surface area contributed by atoms with Crippen LogP contribution in [0.4, 0.5) is 0 Å². The molecule has 0 atom stereocenters. The smallest absolute Gasteiger partial charge is 0.305 e. The van der Waals surface area contributed by atoms with Crippen LogP contribution in [0.5, 0.6) is 0 Å². The topological polar surface area (TPSA) is 127 Å². The molecule has 8 heteroatoms. The Kier molecular flexibility index (Phi) is 36.6. The molecule has 224 valence electrons. The maximum absolute atomic E-state index is 10.6. The molecule has 0 aliphatic carbocycles. The normalized spacial score (nSPS) is 9.76. The van der Waals surface area contributed by atoms with E-state index in [9.17, 15) is 19.2 Å². The van der Waals surface area contributed by atoms with Gasteiger partial charge in [-0.15, -0.1) is 6.58 Å². The van der Waals surface area contributed by atoms with Gasteiger partial charge in [-0.3, -0.25) is 19.2 Å². The lowest BCUT2D eigenvalue weighted by Gasteiger charge is -2.02. The molecule has 0 aromatic heterocycles. The molecule has 0 amide bonds. The van der Waals surface area contributed by atoms with Crippen molar-refractivity contribution in [1.82, 2.24) is 0 Å². The predicted molar refractivity (Wildman–Crippen MR) is 152 cm³/mol. The number of hydrogen-bond acceptors (Lipinski definition) is 6. The molecule has 0 aliphatic heterocycles. The predicted octanol–water partition coefficient (Wildman–Crippen LogP) is 7.87. The Balaban J connectivity index is -0.000000527. The Morgan fingerprint density at radius 2 is 0.868 bits per heavy atom. The van der Waals surface area contributed by atoms with E-state index in [0.717, 1.165) is 0 Å². The van der Waals surface area contributed by atoms with Gasteiger partial charge in [-0.25, -0.2) is 0 Å². The number of methoxy groups -OCH3 is 2. The number of hydrogen-bond donors (Lipinski definition) is 2. The van der Waals surface area contributed by atoms with Crippen LogP contribution in [-0.2, 0) is 28.7 Å². The van der Waals surface area contributed by atoms with Crippen molar-refractivity contribution in [2.24, 2.45) is 0 Å². The lowest BCUT2D eigenvalue weighted by molar-refractivity contribution is -0.143. The van der Waals surface area contributed by atoms with Crippen LogP contribution < -0.4 is 0 Å². The van der Waals surface area contributed by atoms with Gasteiger partial charge in [0.15, 0.2) is 0 Å². The summed E-state index contributed by atoms with van der Waals surface area (Å²) in [6.07, 6.45) is 24.9. The van der Waals surface area contributed by atoms with Crippen molar-refractivity contribution in [3.8, 4) is 0 Å². The number of carbonyl (C=O) groups excluding carboxylic acids is 2. The summed E-state index contributed by atoms with van der Waals surface area (Å²) in [4.78, 5) is 40.5. The van der Waals surface area contributed by atoms with Crippen LogP contribution in [0.25, 0.3) is 0 Å². The van der Waals surface area contributed by atoms with Gasteiger partial charge in [-0.05, 0) is 25.7 Å². The van der Waals surface area contributed by atoms with E-state index in [2.05, 4.69) is 23.0 Å². The summed E-state index contributed by atoms with van der Waals surface area (Å²) in [6.45, 7) is 6.05. The summed E-state index contributed by atoms with van der Waals surface area (Å²) in [6, 6.07) is 0. The Morgan fingerprint density at radius 3 is 1.13 bits per heavy atom. The van der Waals surface area contributed by atoms with E-state index in [4.69, 9.17) is 10.2 Å². The molecule has 0 aromatic carbocycles. The number of unbranched alkanes of at least 4 members (excludes halogenated alkanes) is 15. The van der Waals surface area contributed by atoms with Crippen molar-refractivity contribution < 1.29 is 38.9 Å². The zero-order chi connectivity index (χ0) is 29.3. The molecule has 0 unspecified atom stereocenters. The first-order chi connectivity index (χ1) is 18.2. The van der Waals surface area contributed by atoms with Gasteiger partial charge < -0.3 is 19.7 Å². The average molecular weight is 545 g/mol. The number of allylic oxidation sites excluding steroid dienone is 1. The summed E-state index contributed by atoms with van der Waals surface area (Å²) in [5.74, 6) is -2.63. The average Bonchev–Trinajstić information content (AvgIpc) is 2.90. The van der Waals surface area contributed by atoms with Gasteiger partial charge in [0.25, 0.3) is 0 Å². The molecule has 0 rings (SSSR count). The van der Waals surface area contributed by atoms with Crippen LogP contribution in [0, 0.1) is 0 Å². The van der Waals surface area contributed by atoms with Crippen LogP contribution in [0.1, 0.15) is 142 Å². The molecule has 2 N–H and O–H groups in total. The summed E-state index contributed by atoms with van der Waals surface area (Å²) in [7, 11) is 2.70. The van der Waals surface area contributed by atoms with Crippen molar-refractivity contribution in [3.63, 3.8) is 0 Å². The molecule has 0 heterocycles. The zero-order valence-electron chi connectivity index (χ0n) is 24.5. The van der Waals surface area contributed by atoms with E-state index in [-0.39, 0.29) is 24.8 Å². The van der Waals surface area contributed by atoms with Gasteiger partial charge in [0, 0.05) is 12.8 Å². The van der Waals surface area contributed by atoms with Crippen LogP contribution in [0.15, 0.2) is 12.7 Å². The summed E-state index contributed by atoms with van der Waals surface area (Å²) in [5.41, 5.74) is 0.